The predicted molar refractivity (Wildman–Crippen MR) is 127 cm³/mol. The maximum absolute atomic E-state index is 12.9. The monoisotopic (exact) mass is 460 g/mol. The van der Waals surface area contributed by atoms with E-state index in [1.807, 2.05) is 6.92 Å². The first-order chi connectivity index (χ1) is 15.7. The largest absolute Gasteiger partial charge is 0.505 e. The number of aromatic hydroxyl groups is 1. The Hall–Kier alpha value is -4.24. The van der Waals surface area contributed by atoms with E-state index in [0.717, 1.165) is 5.56 Å². The van der Waals surface area contributed by atoms with E-state index >= 15 is 0 Å². The number of carbonyl (C=O) groups excluding carboxylic acids is 1. The van der Waals surface area contributed by atoms with E-state index in [9.17, 15) is 18.3 Å². The maximum atomic E-state index is 12.9. The zero-order chi connectivity index (χ0) is 23.6. The van der Waals surface area contributed by atoms with Crippen LogP contribution in [0.2, 0.25) is 0 Å². The van der Waals surface area contributed by atoms with E-state index in [2.05, 4.69) is 15.0 Å². The quantitative estimate of drug-likeness (QED) is 0.215. The second-order valence-corrected chi connectivity index (χ2v) is 9.07. The van der Waals surface area contributed by atoms with Gasteiger partial charge in [-0.25, -0.2) is 8.42 Å². The molecule has 0 heterocycles. The molecule has 0 radical (unpaired) electrons. The van der Waals surface area contributed by atoms with Crippen molar-refractivity contribution in [3.05, 3.63) is 90.0 Å². The van der Waals surface area contributed by atoms with Crippen LogP contribution < -0.4 is 10.5 Å². The van der Waals surface area contributed by atoms with Gasteiger partial charge in [-0.3, -0.25) is 9.52 Å². The second kappa shape index (κ2) is 8.71. The summed E-state index contributed by atoms with van der Waals surface area (Å²) in [5.74, 6) is -0.859. The van der Waals surface area contributed by atoms with Crippen molar-refractivity contribution in [1.29, 1.82) is 0 Å². The van der Waals surface area contributed by atoms with Crippen LogP contribution in [0.25, 0.3) is 10.8 Å². The summed E-state index contributed by atoms with van der Waals surface area (Å²) >= 11 is 0. The van der Waals surface area contributed by atoms with Crippen molar-refractivity contribution in [2.75, 3.05) is 10.5 Å². The van der Waals surface area contributed by atoms with Crippen LogP contribution in [0.5, 0.6) is 5.75 Å². The minimum absolute atomic E-state index is 0.0564. The highest BCUT2D eigenvalue weighted by Gasteiger charge is 2.18. The first-order valence-corrected chi connectivity index (χ1v) is 11.4. The summed E-state index contributed by atoms with van der Waals surface area (Å²) in [5, 5.41) is 19.1. The molecule has 0 bridgehead atoms. The highest BCUT2D eigenvalue weighted by Crippen LogP contribution is 2.40. The Bertz CT molecular complexity index is 1480. The number of hydrogen-bond acceptors (Lipinski definition) is 6. The normalized spacial score (nSPS) is 11.7. The Morgan fingerprint density at radius 3 is 2.24 bits per heavy atom. The van der Waals surface area contributed by atoms with Gasteiger partial charge in [-0.1, -0.05) is 42.0 Å². The van der Waals surface area contributed by atoms with Gasteiger partial charge >= 0.3 is 0 Å². The van der Waals surface area contributed by atoms with E-state index < -0.39 is 15.9 Å². The zero-order valence-corrected chi connectivity index (χ0v) is 18.4. The lowest BCUT2D eigenvalue weighted by molar-refractivity contribution is 0.0995. The number of fused-ring (bicyclic) bond motifs is 1. The molecule has 0 aliphatic carbocycles. The molecule has 4 aromatic carbocycles. The molecule has 0 fully saturated rings. The number of sulfonamides is 1. The average Bonchev–Trinajstić information content (AvgIpc) is 2.80. The number of amides is 1. The molecule has 9 heteroatoms. The van der Waals surface area contributed by atoms with Crippen LogP contribution in [0.1, 0.15) is 15.9 Å². The summed E-state index contributed by atoms with van der Waals surface area (Å²) in [6.45, 7) is 1.86. The van der Waals surface area contributed by atoms with Gasteiger partial charge in [0.05, 0.1) is 10.6 Å². The standard InChI is InChI=1S/C24H20N4O4S/c1-15-6-12-18(13-7-15)33(31,32)28-21-14-22(23(29)20-5-3-2-4-19(20)21)26-27-24(30)16-8-10-17(25)11-9-16/h2-14,28-29H,25H2,1H3. The van der Waals surface area contributed by atoms with E-state index in [1.54, 1.807) is 48.5 Å². The first kappa shape index (κ1) is 22.0. The number of phenolic OH excluding ortho intramolecular Hbond substituents is 1. The molecule has 0 aromatic heterocycles. The van der Waals surface area contributed by atoms with Gasteiger partial charge in [-0.2, -0.15) is 0 Å². The van der Waals surface area contributed by atoms with Crippen molar-refractivity contribution in [2.45, 2.75) is 11.8 Å². The third-order valence-electron chi connectivity index (χ3n) is 4.98. The molecule has 4 aromatic rings. The van der Waals surface area contributed by atoms with Gasteiger partial charge in [0.25, 0.3) is 15.9 Å². The molecular formula is C24H20N4O4S. The summed E-state index contributed by atoms with van der Waals surface area (Å²) < 4.78 is 28.4. The number of carbonyl (C=O) groups is 1. The molecule has 0 saturated carbocycles. The predicted octanol–water partition coefficient (Wildman–Crippen LogP) is 5.16. The average molecular weight is 461 g/mol. The molecule has 0 aliphatic heterocycles. The molecule has 0 spiro atoms. The first-order valence-electron chi connectivity index (χ1n) is 9.90. The van der Waals surface area contributed by atoms with Crippen molar-refractivity contribution in [3.8, 4) is 5.75 Å². The van der Waals surface area contributed by atoms with Crippen LogP contribution in [0.4, 0.5) is 17.1 Å². The van der Waals surface area contributed by atoms with Crippen LogP contribution in [-0.4, -0.2) is 19.4 Å². The Balaban J connectivity index is 1.74. The Labute approximate surface area is 190 Å². The van der Waals surface area contributed by atoms with Gasteiger partial charge in [-0.05, 0) is 49.4 Å². The molecule has 0 atom stereocenters. The highest BCUT2D eigenvalue weighted by atomic mass is 32.2. The lowest BCUT2D eigenvalue weighted by atomic mass is 10.1. The molecule has 33 heavy (non-hydrogen) atoms. The van der Waals surface area contributed by atoms with Crippen molar-refractivity contribution in [2.24, 2.45) is 10.2 Å². The minimum Gasteiger partial charge on any atom is -0.505 e. The molecule has 0 unspecified atom stereocenters. The SMILES string of the molecule is Cc1ccc(S(=O)(=O)Nc2cc(N=NC(=O)c3ccc(N)cc3)c(O)c3ccccc23)cc1. The van der Waals surface area contributed by atoms with Crippen molar-refractivity contribution in [1.82, 2.24) is 0 Å². The fraction of sp³-hybridized carbons (Fsp3) is 0.0417. The number of nitrogens with two attached hydrogens (primary N) is 1. The lowest BCUT2D eigenvalue weighted by Gasteiger charge is -2.13. The van der Waals surface area contributed by atoms with Crippen LogP contribution in [0.15, 0.2) is 94.0 Å². The molecular weight excluding hydrogens is 440 g/mol. The number of hydrogen-bond donors (Lipinski definition) is 3. The van der Waals surface area contributed by atoms with Crippen molar-refractivity contribution < 1.29 is 18.3 Å². The number of rotatable bonds is 5. The van der Waals surface area contributed by atoms with Crippen molar-refractivity contribution in [3.63, 3.8) is 0 Å². The lowest BCUT2D eigenvalue weighted by Crippen LogP contribution is -2.13. The van der Waals surface area contributed by atoms with Crippen LogP contribution >= 0.6 is 0 Å². The Morgan fingerprint density at radius 2 is 1.58 bits per heavy atom. The summed E-state index contributed by atoms with van der Waals surface area (Å²) in [7, 11) is -3.91. The number of benzene rings is 4. The van der Waals surface area contributed by atoms with Crippen LogP contribution in [-0.2, 0) is 10.0 Å². The summed E-state index contributed by atoms with van der Waals surface area (Å²) in [6, 6.07) is 20.6. The molecule has 1 amide bonds. The number of anilines is 2. The van der Waals surface area contributed by atoms with Crippen LogP contribution in [0.3, 0.4) is 0 Å². The van der Waals surface area contributed by atoms with Gasteiger partial charge in [-0.15, -0.1) is 10.2 Å². The second-order valence-electron chi connectivity index (χ2n) is 7.38. The van der Waals surface area contributed by atoms with E-state index in [1.165, 1.54) is 30.3 Å². The van der Waals surface area contributed by atoms with E-state index in [4.69, 9.17) is 5.73 Å². The van der Waals surface area contributed by atoms with Gasteiger partial charge in [0.1, 0.15) is 5.69 Å². The molecule has 4 N–H and O–H groups in total. The fourth-order valence-corrected chi connectivity index (χ4v) is 4.28. The van der Waals surface area contributed by atoms with Gasteiger partial charge in [0.2, 0.25) is 0 Å². The smallest absolute Gasteiger partial charge is 0.295 e. The number of azo groups is 1. The zero-order valence-electron chi connectivity index (χ0n) is 17.6. The van der Waals surface area contributed by atoms with E-state index in [0.29, 0.717) is 16.5 Å². The molecule has 4 rings (SSSR count). The Kier molecular flexibility index (Phi) is 5.80. The minimum atomic E-state index is -3.91. The summed E-state index contributed by atoms with van der Waals surface area (Å²) in [5.41, 5.74) is 7.46. The highest BCUT2D eigenvalue weighted by molar-refractivity contribution is 7.92. The molecule has 166 valence electrons. The molecule has 0 saturated heterocycles. The number of phenols is 1. The Morgan fingerprint density at radius 1 is 0.939 bits per heavy atom. The molecule has 0 aliphatic rings. The third kappa shape index (κ3) is 4.68. The van der Waals surface area contributed by atoms with Gasteiger partial charge in [0, 0.05) is 22.0 Å². The van der Waals surface area contributed by atoms with Crippen molar-refractivity contribution >= 4 is 43.8 Å². The maximum Gasteiger partial charge on any atom is 0.295 e. The van der Waals surface area contributed by atoms with E-state index in [-0.39, 0.29) is 27.6 Å². The number of nitrogens with one attached hydrogen (secondary N) is 1. The van der Waals surface area contributed by atoms with Gasteiger partial charge < -0.3 is 10.8 Å². The van der Waals surface area contributed by atoms with Crippen LogP contribution in [0, 0.1) is 6.92 Å². The topological polar surface area (TPSA) is 134 Å². The number of aryl methyl sites for hydroxylation is 1. The summed E-state index contributed by atoms with van der Waals surface area (Å²) in [4.78, 5) is 12.4. The molecule has 8 nitrogen and oxygen atoms in total. The third-order valence-corrected chi connectivity index (χ3v) is 6.36. The summed E-state index contributed by atoms with van der Waals surface area (Å²) in [6.07, 6.45) is 0. The number of nitrogen functional groups attached to an aromatic ring is 1. The number of nitrogens with zero attached hydrogens (tertiary/aromatic N) is 2. The van der Waals surface area contributed by atoms with Gasteiger partial charge in [0.15, 0.2) is 5.75 Å². The fourth-order valence-electron chi connectivity index (χ4n) is 3.21.